The molecule has 0 atom stereocenters. The van der Waals surface area contributed by atoms with E-state index in [4.69, 9.17) is 11.6 Å². The molecule has 0 saturated heterocycles. The Kier molecular flexibility index (Phi) is 4.76. The molecule has 1 aromatic heterocycles. The van der Waals surface area contributed by atoms with Crippen molar-refractivity contribution in [1.82, 2.24) is 4.98 Å². The van der Waals surface area contributed by atoms with Gasteiger partial charge < -0.3 is 5.11 Å². The van der Waals surface area contributed by atoms with Crippen LogP contribution in [-0.4, -0.2) is 24.5 Å². The van der Waals surface area contributed by atoms with Crippen LogP contribution in [-0.2, 0) is 10.0 Å². The minimum Gasteiger partial charge on any atom is -0.478 e. The normalized spacial score (nSPS) is 11.2. The molecule has 0 radical (unpaired) electrons. The van der Waals surface area contributed by atoms with Crippen LogP contribution in [0, 0.1) is 0 Å². The van der Waals surface area contributed by atoms with Crippen LogP contribution < -0.4 is 4.72 Å². The van der Waals surface area contributed by atoms with Crippen molar-refractivity contribution >= 4 is 44.6 Å². The summed E-state index contributed by atoms with van der Waals surface area (Å²) in [7, 11) is -3.94. The summed E-state index contributed by atoms with van der Waals surface area (Å²) in [4.78, 5) is 16.2. The number of nitrogens with zero attached hydrogens (tertiary/aromatic N) is 1. The number of aromatic carboxylic acids is 1. The molecule has 2 N–H and O–H groups in total. The van der Waals surface area contributed by atoms with E-state index in [1.54, 1.807) is 23.8 Å². The van der Waals surface area contributed by atoms with Gasteiger partial charge in [-0.2, -0.15) is 0 Å². The third kappa shape index (κ3) is 3.81. The number of anilines is 1. The van der Waals surface area contributed by atoms with Gasteiger partial charge in [0.15, 0.2) is 0 Å². The molecule has 128 valence electrons. The number of carbonyl (C=O) groups is 1. The lowest BCUT2D eigenvalue weighted by atomic mass is 10.2. The third-order valence-electron chi connectivity index (χ3n) is 3.34. The van der Waals surface area contributed by atoms with Crippen LogP contribution in [0.2, 0.25) is 5.02 Å². The zero-order valence-corrected chi connectivity index (χ0v) is 14.9. The average molecular weight is 395 g/mol. The third-order valence-corrected chi connectivity index (χ3v) is 5.78. The molecule has 3 rings (SSSR count). The molecular weight excluding hydrogens is 384 g/mol. The minimum absolute atomic E-state index is 0.0204. The van der Waals surface area contributed by atoms with Crippen molar-refractivity contribution in [2.75, 3.05) is 4.72 Å². The molecule has 0 aliphatic heterocycles. The van der Waals surface area contributed by atoms with E-state index < -0.39 is 16.0 Å². The largest absolute Gasteiger partial charge is 0.478 e. The number of rotatable bonds is 5. The fourth-order valence-corrected chi connectivity index (χ4v) is 4.02. The highest BCUT2D eigenvalue weighted by Crippen LogP contribution is 2.27. The Balaban J connectivity index is 1.91. The van der Waals surface area contributed by atoms with Gasteiger partial charge in [0, 0.05) is 11.2 Å². The van der Waals surface area contributed by atoms with Crippen molar-refractivity contribution in [2.45, 2.75) is 4.90 Å². The molecule has 25 heavy (non-hydrogen) atoms. The summed E-state index contributed by atoms with van der Waals surface area (Å²) >= 11 is 7.22. The molecule has 0 spiro atoms. The molecule has 0 unspecified atom stereocenters. The molecule has 0 aliphatic carbocycles. The number of carboxylic acid groups (broad SMARTS) is 1. The lowest BCUT2D eigenvalue weighted by Gasteiger charge is -2.11. The van der Waals surface area contributed by atoms with Gasteiger partial charge >= 0.3 is 5.97 Å². The Morgan fingerprint density at radius 3 is 2.48 bits per heavy atom. The molecule has 0 amide bonds. The van der Waals surface area contributed by atoms with Crippen LogP contribution >= 0.6 is 22.9 Å². The molecule has 9 heteroatoms. The summed E-state index contributed by atoms with van der Waals surface area (Å²) in [6.07, 6.45) is 1.69. The van der Waals surface area contributed by atoms with Crippen LogP contribution in [0.4, 0.5) is 5.69 Å². The number of benzene rings is 2. The number of sulfonamides is 1. The topological polar surface area (TPSA) is 96.4 Å². The first-order valence-electron chi connectivity index (χ1n) is 6.91. The highest BCUT2D eigenvalue weighted by atomic mass is 35.5. The number of hydrogen-bond acceptors (Lipinski definition) is 5. The highest BCUT2D eigenvalue weighted by molar-refractivity contribution is 7.92. The Labute approximate surface area is 152 Å². The SMILES string of the molecule is O=C(O)c1cc(Cl)ccc1NS(=O)(=O)c1ccc(-c2cncs2)cc1. The average Bonchev–Trinajstić information content (AvgIpc) is 3.11. The van der Waals surface area contributed by atoms with E-state index in [0.717, 1.165) is 10.4 Å². The zero-order chi connectivity index (χ0) is 18.0. The summed E-state index contributed by atoms with van der Waals surface area (Å²) < 4.78 is 27.3. The van der Waals surface area contributed by atoms with Crippen LogP contribution in [0.3, 0.4) is 0 Å². The lowest BCUT2D eigenvalue weighted by Crippen LogP contribution is -2.15. The first-order chi connectivity index (χ1) is 11.9. The second-order valence-electron chi connectivity index (χ2n) is 4.99. The molecule has 3 aromatic rings. The monoisotopic (exact) mass is 394 g/mol. The van der Waals surface area contributed by atoms with Gasteiger partial charge in [0.2, 0.25) is 0 Å². The van der Waals surface area contributed by atoms with Gasteiger partial charge in [-0.25, -0.2) is 13.2 Å². The van der Waals surface area contributed by atoms with Gasteiger partial charge in [-0.3, -0.25) is 9.71 Å². The van der Waals surface area contributed by atoms with Crippen molar-refractivity contribution in [3.8, 4) is 10.4 Å². The molecule has 2 aromatic carbocycles. The van der Waals surface area contributed by atoms with Crippen molar-refractivity contribution < 1.29 is 18.3 Å². The predicted octanol–water partition coefficient (Wildman–Crippen LogP) is 3.96. The Morgan fingerprint density at radius 1 is 1.16 bits per heavy atom. The number of carboxylic acids is 1. The van der Waals surface area contributed by atoms with E-state index in [9.17, 15) is 18.3 Å². The first kappa shape index (κ1) is 17.4. The van der Waals surface area contributed by atoms with Gasteiger partial charge in [-0.15, -0.1) is 11.3 Å². The molecular formula is C16H11ClN2O4S2. The number of thiazole rings is 1. The maximum absolute atomic E-state index is 12.5. The van der Waals surface area contributed by atoms with E-state index in [-0.39, 0.29) is 21.2 Å². The van der Waals surface area contributed by atoms with Gasteiger partial charge in [-0.1, -0.05) is 23.7 Å². The molecule has 0 aliphatic rings. The number of hydrogen-bond donors (Lipinski definition) is 2. The van der Waals surface area contributed by atoms with Gasteiger partial charge in [-0.05, 0) is 35.9 Å². The van der Waals surface area contributed by atoms with E-state index in [0.29, 0.717) is 0 Å². The molecule has 0 saturated carbocycles. The number of aromatic nitrogens is 1. The number of halogens is 1. The van der Waals surface area contributed by atoms with Crippen LogP contribution in [0.5, 0.6) is 0 Å². The van der Waals surface area contributed by atoms with Crippen LogP contribution in [0.25, 0.3) is 10.4 Å². The first-order valence-corrected chi connectivity index (χ1v) is 9.65. The molecule has 0 fully saturated rings. The van der Waals surface area contributed by atoms with Crippen LogP contribution in [0.1, 0.15) is 10.4 Å². The summed E-state index contributed by atoms with van der Waals surface area (Å²) in [5, 5.41) is 9.40. The standard InChI is InChI=1S/C16H11ClN2O4S2/c17-11-3-6-14(13(7-11)16(20)21)19-25(22,23)12-4-1-10(2-5-12)15-8-18-9-24-15/h1-9,19H,(H,20,21). The predicted molar refractivity (Wildman–Crippen MR) is 96.8 cm³/mol. The highest BCUT2D eigenvalue weighted by Gasteiger charge is 2.19. The van der Waals surface area contributed by atoms with Crippen LogP contribution in [0.15, 0.2) is 59.1 Å². The van der Waals surface area contributed by atoms with E-state index in [1.165, 1.54) is 41.7 Å². The smallest absolute Gasteiger partial charge is 0.337 e. The maximum atomic E-state index is 12.5. The van der Waals surface area contributed by atoms with E-state index in [2.05, 4.69) is 9.71 Å². The lowest BCUT2D eigenvalue weighted by molar-refractivity contribution is 0.0698. The van der Waals surface area contributed by atoms with E-state index in [1.807, 2.05) is 0 Å². The van der Waals surface area contributed by atoms with Crippen molar-refractivity contribution in [1.29, 1.82) is 0 Å². The fraction of sp³-hybridized carbons (Fsp3) is 0. The Hall–Kier alpha value is -2.42. The number of nitrogens with one attached hydrogen (secondary N) is 1. The van der Waals surface area contributed by atoms with E-state index >= 15 is 0 Å². The van der Waals surface area contributed by atoms with Crippen molar-refractivity contribution in [3.05, 3.63) is 64.8 Å². The minimum atomic E-state index is -3.94. The van der Waals surface area contributed by atoms with Crippen molar-refractivity contribution in [2.24, 2.45) is 0 Å². The summed E-state index contributed by atoms with van der Waals surface area (Å²) in [6, 6.07) is 10.2. The zero-order valence-electron chi connectivity index (χ0n) is 12.5. The van der Waals surface area contributed by atoms with Gasteiger partial charge in [0.1, 0.15) is 0 Å². The molecule has 6 nitrogen and oxygen atoms in total. The Morgan fingerprint density at radius 2 is 1.88 bits per heavy atom. The van der Waals surface area contributed by atoms with Gasteiger partial charge in [0.25, 0.3) is 10.0 Å². The second-order valence-corrected chi connectivity index (χ2v) is 8.00. The quantitative estimate of drug-likeness (QED) is 0.682. The second kappa shape index (κ2) is 6.83. The maximum Gasteiger partial charge on any atom is 0.337 e. The summed E-state index contributed by atoms with van der Waals surface area (Å²) in [6.45, 7) is 0. The summed E-state index contributed by atoms with van der Waals surface area (Å²) in [5.41, 5.74) is 2.26. The Bertz CT molecular complexity index is 1020. The molecule has 0 bridgehead atoms. The fourth-order valence-electron chi connectivity index (χ4n) is 2.14. The molecule has 1 heterocycles. The van der Waals surface area contributed by atoms with Gasteiger partial charge in [0.05, 0.1) is 26.5 Å². The van der Waals surface area contributed by atoms with Crippen molar-refractivity contribution in [3.63, 3.8) is 0 Å². The summed E-state index contributed by atoms with van der Waals surface area (Å²) in [5.74, 6) is -1.28.